The summed E-state index contributed by atoms with van der Waals surface area (Å²) >= 11 is 0. The third-order valence-electron chi connectivity index (χ3n) is 3.96. The van der Waals surface area contributed by atoms with Gasteiger partial charge < -0.3 is 13.9 Å². The Labute approximate surface area is 132 Å². The summed E-state index contributed by atoms with van der Waals surface area (Å²) in [5.74, 6) is 2.30. The van der Waals surface area contributed by atoms with Gasteiger partial charge in [-0.2, -0.15) is 0 Å². The highest BCUT2D eigenvalue weighted by atomic mass is 16.7. The normalized spacial score (nSPS) is 13.1. The summed E-state index contributed by atoms with van der Waals surface area (Å²) in [6.45, 7) is 2.28. The number of fused-ring (bicyclic) bond motifs is 2. The summed E-state index contributed by atoms with van der Waals surface area (Å²) in [5, 5.41) is 1.03. The van der Waals surface area contributed by atoms with Gasteiger partial charge in [0.2, 0.25) is 6.79 Å². The molecule has 4 nitrogen and oxygen atoms in total. The number of ether oxygens (including phenoxy) is 2. The minimum atomic E-state index is 0.254. The molecule has 1 aromatic heterocycles. The monoisotopic (exact) mass is 306 g/mol. The number of aryl methyl sites for hydroxylation is 1. The second-order valence-corrected chi connectivity index (χ2v) is 5.38. The second kappa shape index (κ2) is 5.32. The van der Waals surface area contributed by atoms with Gasteiger partial charge in [0.05, 0.1) is 0 Å². The molecular weight excluding hydrogens is 292 g/mol. The number of hydrogen-bond donors (Lipinski definition) is 0. The molecule has 2 aromatic carbocycles. The van der Waals surface area contributed by atoms with Crippen LogP contribution in [0.5, 0.6) is 11.5 Å². The molecule has 0 atom stereocenters. The summed E-state index contributed by atoms with van der Waals surface area (Å²) in [4.78, 5) is 10.5. The van der Waals surface area contributed by atoms with Crippen molar-refractivity contribution in [2.24, 2.45) is 0 Å². The second-order valence-electron chi connectivity index (χ2n) is 5.38. The van der Waals surface area contributed by atoms with Crippen LogP contribution in [0.4, 0.5) is 0 Å². The van der Waals surface area contributed by atoms with E-state index in [1.54, 1.807) is 6.08 Å². The quantitative estimate of drug-likeness (QED) is 0.533. The molecule has 0 radical (unpaired) electrons. The lowest BCUT2D eigenvalue weighted by Crippen LogP contribution is -1.92. The molecule has 1 aliphatic heterocycles. The number of benzene rings is 2. The molecule has 0 unspecified atom stereocenters. The molecule has 0 saturated heterocycles. The van der Waals surface area contributed by atoms with Gasteiger partial charge in [-0.3, -0.25) is 4.79 Å². The van der Waals surface area contributed by atoms with E-state index < -0.39 is 0 Å². The SMILES string of the molecule is Cc1c(-c2ccc3c(c2)OCO3)oc2ccc(C=CC=O)cc12. The maximum absolute atomic E-state index is 10.5. The topological polar surface area (TPSA) is 48.7 Å². The van der Waals surface area contributed by atoms with Crippen molar-refractivity contribution in [2.45, 2.75) is 6.92 Å². The molecule has 114 valence electrons. The van der Waals surface area contributed by atoms with Crippen LogP contribution >= 0.6 is 0 Å². The van der Waals surface area contributed by atoms with Crippen LogP contribution in [0.15, 0.2) is 46.9 Å². The molecule has 1 aliphatic rings. The number of carbonyl (C=O) groups is 1. The van der Waals surface area contributed by atoms with Gasteiger partial charge in [0.15, 0.2) is 11.5 Å². The lowest BCUT2D eigenvalue weighted by atomic mass is 10.0. The standard InChI is InChI=1S/C19H14O4/c1-12-15-9-13(3-2-8-20)4-6-16(15)23-19(12)14-5-7-17-18(10-14)22-11-21-17/h2-10H,11H2,1H3. The van der Waals surface area contributed by atoms with E-state index in [1.807, 2.05) is 43.3 Å². The van der Waals surface area contributed by atoms with E-state index in [0.717, 1.165) is 51.2 Å². The maximum atomic E-state index is 10.5. The molecule has 3 aromatic rings. The van der Waals surface area contributed by atoms with E-state index in [1.165, 1.54) is 6.08 Å². The highest BCUT2D eigenvalue weighted by Crippen LogP contribution is 2.39. The number of carbonyl (C=O) groups excluding carboxylic acids is 1. The van der Waals surface area contributed by atoms with Crippen molar-refractivity contribution in [2.75, 3.05) is 6.79 Å². The van der Waals surface area contributed by atoms with Gasteiger partial charge in [0, 0.05) is 16.5 Å². The van der Waals surface area contributed by atoms with E-state index in [0.29, 0.717) is 0 Å². The Balaban J connectivity index is 1.83. The zero-order valence-electron chi connectivity index (χ0n) is 12.5. The molecule has 0 spiro atoms. The first-order valence-corrected chi connectivity index (χ1v) is 7.31. The molecule has 0 amide bonds. The third-order valence-corrected chi connectivity index (χ3v) is 3.96. The first-order valence-electron chi connectivity index (χ1n) is 7.31. The van der Waals surface area contributed by atoms with E-state index in [-0.39, 0.29) is 6.79 Å². The third kappa shape index (κ3) is 2.28. The lowest BCUT2D eigenvalue weighted by Gasteiger charge is -2.01. The van der Waals surface area contributed by atoms with Crippen LogP contribution in [0.25, 0.3) is 28.4 Å². The molecule has 0 bridgehead atoms. The Kier molecular flexibility index (Phi) is 3.15. The first-order chi connectivity index (χ1) is 11.3. The smallest absolute Gasteiger partial charge is 0.231 e. The average Bonchev–Trinajstić information content (AvgIpc) is 3.17. The fourth-order valence-electron chi connectivity index (χ4n) is 2.81. The molecule has 23 heavy (non-hydrogen) atoms. The molecule has 0 N–H and O–H groups in total. The molecular formula is C19H14O4. The fraction of sp³-hybridized carbons (Fsp3) is 0.105. The van der Waals surface area contributed by atoms with Gasteiger partial charge in [-0.05, 0) is 48.9 Å². The Morgan fingerprint density at radius 1 is 1.04 bits per heavy atom. The van der Waals surface area contributed by atoms with Crippen LogP contribution in [0.3, 0.4) is 0 Å². The number of furan rings is 1. The predicted molar refractivity (Wildman–Crippen MR) is 87.6 cm³/mol. The van der Waals surface area contributed by atoms with Gasteiger partial charge in [-0.1, -0.05) is 12.1 Å². The molecule has 4 rings (SSSR count). The van der Waals surface area contributed by atoms with Gasteiger partial charge in [0.25, 0.3) is 0 Å². The van der Waals surface area contributed by atoms with Crippen molar-refractivity contribution in [1.29, 1.82) is 0 Å². The summed E-state index contributed by atoms with van der Waals surface area (Å²) < 4.78 is 16.8. The summed E-state index contributed by atoms with van der Waals surface area (Å²) in [6, 6.07) is 11.6. The van der Waals surface area contributed by atoms with Gasteiger partial charge in [-0.15, -0.1) is 0 Å². The zero-order valence-corrected chi connectivity index (χ0v) is 12.5. The van der Waals surface area contributed by atoms with Crippen LogP contribution in [-0.4, -0.2) is 13.1 Å². The van der Waals surface area contributed by atoms with Crippen LogP contribution < -0.4 is 9.47 Å². The van der Waals surface area contributed by atoms with Crippen molar-refractivity contribution in [3.8, 4) is 22.8 Å². The van der Waals surface area contributed by atoms with Crippen molar-refractivity contribution in [3.63, 3.8) is 0 Å². The molecule has 0 aliphatic carbocycles. The van der Waals surface area contributed by atoms with Crippen LogP contribution in [0.1, 0.15) is 11.1 Å². The minimum absolute atomic E-state index is 0.254. The predicted octanol–water partition coefficient (Wildman–Crippen LogP) is 4.35. The van der Waals surface area contributed by atoms with Crippen molar-refractivity contribution >= 4 is 23.3 Å². The Morgan fingerprint density at radius 2 is 1.91 bits per heavy atom. The maximum Gasteiger partial charge on any atom is 0.231 e. The van der Waals surface area contributed by atoms with Gasteiger partial charge >= 0.3 is 0 Å². The van der Waals surface area contributed by atoms with Crippen molar-refractivity contribution < 1.29 is 18.7 Å². The molecule has 0 saturated carbocycles. The highest BCUT2D eigenvalue weighted by Gasteiger charge is 2.18. The minimum Gasteiger partial charge on any atom is -0.456 e. The van der Waals surface area contributed by atoms with Crippen LogP contribution in [0, 0.1) is 6.92 Å². The van der Waals surface area contributed by atoms with Crippen LogP contribution in [-0.2, 0) is 4.79 Å². The zero-order chi connectivity index (χ0) is 15.8. The fourth-order valence-corrected chi connectivity index (χ4v) is 2.81. The molecule has 4 heteroatoms. The first kappa shape index (κ1) is 13.6. The lowest BCUT2D eigenvalue weighted by molar-refractivity contribution is -0.104. The largest absolute Gasteiger partial charge is 0.456 e. The summed E-state index contributed by atoms with van der Waals surface area (Å²) in [6.07, 6.45) is 4.03. The van der Waals surface area contributed by atoms with E-state index >= 15 is 0 Å². The van der Waals surface area contributed by atoms with E-state index in [9.17, 15) is 4.79 Å². The van der Waals surface area contributed by atoms with Crippen molar-refractivity contribution in [1.82, 2.24) is 0 Å². The van der Waals surface area contributed by atoms with E-state index in [2.05, 4.69) is 0 Å². The highest BCUT2D eigenvalue weighted by molar-refractivity contribution is 5.90. The molecule has 0 fully saturated rings. The molecule has 2 heterocycles. The Morgan fingerprint density at radius 3 is 2.78 bits per heavy atom. The van der Waals surface area contributed by atoms with Crippen molar-refractivity contribution in [3.05, 3.63) is 53.6 Å². The van der Waals surface area contributed by atoms with Gasteiger partial charge in [-0.25, -0.2) is 0 Å². The Bertz CT molecular complexity index is 934. The van der Waals surface area contributed by atoms with E-state index in [4.69, 9.17) is 13.9 Å². The number of allylic oxidation sites excluding steroid dienone is 1. The van der Waals surface area contributed by atoms with Gasteiger partial charge in [0.1, 0.15) is 17.6 Å². The Hall–Kier alpha value is -3.01. The van der Waals surface area contributed by atoms with Crippen LogP contribution in [0.2, 0.25) is 0 Å². The number of hydrogen-bond acceptors (Lipinski definition) is 4. The summed E-state index contributed by atoms with van der Waals surface area (Å²) in [7, 11) is 0. The summed E-state index contributed by atoms with van der Waals surface area (Å²) in [5.41, 5.74) is 3.79. The number of aldehydes is 1. The number of rotatable bonds is 3. The average molecular weight is 306 g/mol.